The molecule has 0 aliphatic heterocycles. The van der Waals surface area contributed by atoms with Crippen LogP contribution in [0, 0.1) is 29.6 Å². The van der Waals surface area contributed by atoms with Gasteiger partial charge in [0.25, 0.3) is 0 Å². The van der Waals surface area contributed by atoms with Gasteiger partial charge in [-0.25, -0.2) is 0 Å². The van der Waals surface area contributed by atoms with Crippen molar-refractivity contribution in [3.8, 4) is 11.1 Å². The zero-order valence-corrected chi connectivity index (χ0v) is 34.6. The third-order valence-electron chi connectivity index (χ3n) is 13.3. The molecule has 0 nitrogen and oxygen atoms in total. The van der Waals surface area contributed by atoms with Crippen LogP contribution in [0.5, 0.6) is 0 Å². The van der Waals surface area contributed by atoms with Gasteiger partial charge in [-0.05, 0) is 103 Å². The second kappa shape index (κ2) is 24.0. The Hall–Kier alpha value is -1.34. The topological polar surface area (TPSA) is 0 Å². The van der Waals surface area contributed by atoms with Crippen LogP contribution < -0.4 is 0 Å². The van der Waals surface area contributed by atoms with Crippen molar-refractivity contribution in [2.45, 2.75) is 200 Å². The van der Waals surface area contributed by atoms with Crippen molar-refractivity contribution in [3.63, 3.8) is 0 Å². The highest BCUT2D eigenvalue weighted by Crippen LogP contribution is 2.43. The lowest BCUT2D eigenvalue weighted by Crippen LogP contribution is -2.26. The van der Waals surface area contributed by atoms with Crippen LogP contribution in [0.25, 0.3) is 11.1 Å². The fraction of sp³-hybridized carbons (Fsp3) is 0.750. The number of benzene rings is 2. The standard InChI is InChI=1S/C48H80Si/c1-5-7-37-49-40(4)20-17-24-47-38-43(31-36-48(47)46-22-15-12-16-23-46)26-25-42-29-34-45(35-30-42)44-32-27-41(28-33-44)21-14-11-9-8-10-13-19-39(3)18-6-2/h12,15-16,22-23,31,36,38-42,44-45H,5-11,13-14,17-21,24-30,32-35,37,49H2,1-4H3/t39?,40?,41-,42-,44-,45-. The van der Waals surface area contributed by atoms with Crippen LogP contribution >= 0.6 is 0 Å². The Morgan fingerprint density at radius 1 is 0.592 bits per heavy atom. The van der Waals surface area contributed by atoms with Crippen LogP contribution in [-0.2, 0) is 12.8 Å². The molecule has 0 radical (unpaired) electrons. The predicted octanol–water partition coefficient (Wildman–Crippen LogP) is 15.0. The number of unbranched alkanes of at least 4 members (excludes halogenated alkanes) is 6. The van der Waals surface area contributed by atoms with E-state index in [1.165, 1.54) is 146 Å². The van der Waals surface area contributed by atoms with Gasteiger partial charge in [-0.3, -0.25) is 0 Å². The summed E-state index contributed by atoms with van der Waals surface area (Å²) in [5, 5.41) is 0. The molecule has 2 aliphatic rings. The van der Waals surface area contributed by atoms with E-state index in [4.69, 9.17) is 0 Å². The monoisotopic (exact) mass is 685 g/mol. The Morgan fingerprint density at radius 3 is 1.92 bits per heavy atom. The highest BCUT2D eigenvalue weighted by Gasteiger charge is 2.30. The van der Waals surface area contributed by atoms with Crippen molar-refractivity contribution in [2.24, 2.45) is 29.6 Å². The summed E-state index contributed by atoms with van der Waals surface area (Å²) in [7, 11) is 0.113. The van der Waals surface area contributed by atoms with E-state index in [1.54, 1.807) is 42.9 Å². The molecule has 4 rings (SSSR count). The molecule has 2 fully saturated rings. The molecule has 0 N–H and O–H groups in total. The molecule has 0 bridgehead atoms. The maximum Gasteiger partial charge on any atom is 0.0228 e. The summed E-state index contributed by atoms with van der Waals surface area (Å²) in [6.45, 7) is 9.66. The minimum Gasteiger partial charge on any atom is -0.0654 e. The molecule has 276 valence electrons. The average Bonchev–Trinajstić information content (AvgIpc) is 3.13. The Bertz CT molecular complexity index is 1090. The van der Waals surface area contributed by atoms with Gasteiger partial charge in [-0.2, -0.15) is 0 Å². The lowest BCUT2D eigenvalue weighted by Gasteiger charge is -2.38. The van der Waals surface area contributed by atoms with Crippen molar-refractivity contribution in [1.29, 1.82) is 0 Å². The van der Waals surface area contributed by atoms with Gasteiger partial charge in [-0.15, -0.1) is 0 Å². The van der Waals surface area contributed by atoms with Gasteiger partial charge in [0.05, 0.1) is 0 Å². The molecule has 0 heterocycles. The van der Waals surface area contributed by atoms with Gasteiger partial charge in [0.1, 0.15) is 0 Å². The molecule has 0 saturated heterocycles. The Kier molecular flexibility index (Phi) is 19.8. The summed E-state index contributed by atoms with van der Waals surface area (Å²) in [4.78, 5) is 0. The summed E-state index contributed by atoms with van der Waals surface area (Å²) < 4.78 is 0. The van der Waals surface area contributed by atoms with Gasteiger partial charge in [0.15, 0.2) is 0 Å². The Labute approximate surface area is 308 Å². The van der Waals surface area contributed by atoms with Crippen molar-refractivity contribution in [3.05, 3.63) is 59.7 Å². The SMILES string of the molecule is CCCC[SiH2]C(C)CCCc1cc(CC[C@H]2CC[C@H]([C@H]3CC[C@H](CCCCCCCCC(C)CCC)CC3)CC2)ccc1-c1ccccc1. The molecule has 2 aliphatic carbocycles. The second-order valence-corrected chi connectivity index (χ2v) is 20.2. The first kappa shape index (κ1) is 40.4. The molecule has 49 heavy (non-hydrogen) atoms. The lowest BCUT2D eigenvalue weighted by molar-refractivity contribution is 0.140. The smallest absolute Gasteiger partial charge is 0.0228 e. The van der Waals surface area contributed by atoms with Crippen LogP contribution in [0.4, 0.5) is 0 Å². The van der Waals surface area contributed by atoms with Crippen LogP contribution in [-0.4, -0.2) is 9.52 Å². The first-order valence-corrected chi connectivity index (χ1v) is 24.0. The highest BCUT2D eigenvalue weighted by molar-refractivity contribution is 6.37. The minimum absolute atomic E-state index is 0.113. The second-order valence-electron chi connectivity index (χ2n) is 17.5. The van der Waals surface area contributed by atoms with Crippen molar-refractivity contribution in [1.82, 2.24) is 0 Å². The molecule has 2 saturated carbocycles. The van der Waals surface area contributed by atoms with Crippen molar-refractivity contribution < 1.29 is 0 Å². The quantitative estimate of drug-likeness (QED) is 0.0762. The largest absolute Gasteiger partial charge is 0.0654 e. The van der Waals surface area contributed by atoms with E-state index in [-0.39, 0.29) is 9.52 Å². The molecule has 2 unspecified atom stereocenters. The number of hydrogen-bond donors (Lipinski definition) is 0. The van der Waals surface area contributed by atoms with Gasteiger partial charge < -0.3 is 0 Å². The first-order chi connectivity index (χ1) is 24.1. The van der Waals surface area contributed by atoms with Crippen LogP contribution in [0.1, 0.15) is 187 Å². The normalized spacial score (nSPS) is 22.9. The number of rotatable bonds is 24. The van der Waals surface area contributed by atoms with Gasteiger partial charge in [-0.1, -0.05) is 197 Å². The Balaban J connectivity index is 1.11. The van der Waals surface area contributed by atoms with E-state index in [9.17, 15) is 0 Å². The zero-order chi connectivity index (χ0) is 34.5. The Morgan fingerprint density at radius 2 is 1.24 bits per heavy atom. The van der Waals surface area contributed by atoms with E-state index in [0.29, 0.717) is 0 Å². The fourth-order valence-electron chi connectivity index (χ4n) is 9.97. The summed E-state index contributed by atoms with van der Waals surface area (Å²) in [6, 6.07) is 20.3. The van der Waals surface area contributed by atoms with Crippen molar-refractivity contribution in [2.75, 3.05) is 0 Å². The molecular formula is C48H80Si. The van der Waals surface area contributed by atoms with Crippen LogP contribution in [0.2, 0.25) is 11.6 Å². The summed E-state index contributed by atoms with van der Waals surface area (Å²) in [5.74, 6) is 5.06. The summed E-state index contributed by atoms with van der Waals surface area (Å²) in [5.41, 5.74) is 7.08. The summed E-state index contributed by atoms with van der Waals surface area (Å²) >= 11 is 0. The molecule has 1 heteroatoms. The zero-order valence-electron chi connectivity index (χ0n) is 33.2. The molecule has 0 spiro atoms. The average molecular weight is 685 g/mol. The van der Waals surface area contributed by atoms with E-state index in [1.807, 2.05) is 0 Å². The van der Waals surface area contributed by atoms with E-state index < -0.39 is 0 Å². The molecule has 2 aromatic carbocycles. The third-order valence-corrected chi connectivity index (χ3v) is 15.6. The minimum atomic E-state index is 0.113. The number of hydrogen-bond acceptors (Lipinski definition) is 0. The van der Waals surface area contributed by atoms with Crippen molar-refractivity contribution >= 4 is 9.52 Å². The van der Waals surface area contributed by atoms with E-state index >= 15 is 0 Å². The van der Waals surface area contributed by atoms with Gasteiger partial charge >= 0.3 is 0 Å². The molecule has 2 atom stereocenters. The number of aryl methyl sites for hydroxylation is 2. The van der Waals surface area contributed by atoms with Gasteiger partial charge in [0, 0.05) is 9.52 Å². The van der Waals surface area contributed by atoms with E-state index in [0.717, 1.165) is 35.1 Å². The third kappa shape index (κ3) is 15.4. The predicted molar refractivity (Wildman–Crippen MR) is 223 cm³/mol. The maximum atomic E-state index is 2.61. The first-order valence-electron chi connectivity index (χ1n) is 22.2. The summed E-state index contributed by atoms with van der Waals surface area (Å²) in [6.07, 6.45) is 36.4. The van der Waals surface area contributed by atoms with Gasteiger partial charge in [0.2, 0.25) is 0 Å². The molecular weight excluding hydrogens is 605 g/mol. The van der Waals surface area contributed by atoms with E-state index in [2.05, 4.69) is 76.2 Å². The fourth-order valence-corrected chi connectivity index (χ4v) is 12.0. The van der Waals surface area contributed by atoms with Crippen LogP contribution in [0.15, 0.2) is 48.5 Å². The lowest BCUT2D eigenvalue weighted by atomic mass is 9.68. The molecule has 0 amide bonds. The molecule has 0 aromatic heterocycles. The molecule has 2 aromatic rings. The maximum absolute atomic E-state index is 2.61. The highest BCUT2D eigenvalue weighted by atomic mass is 28.2. The van der Waals surface area contributed by atoms with Crippen LogP contribution in [0.3, 0.4) is 0 Å².